The fraction of sp³-hybridized carbons (Fsp3) is 0.647. The standard InChI is InChI=1S/C17H25N5O2/c1-4-6-20(3)17(24)15-10-21-7-5-13(15)8-14(21)9-22-11-16(12(2)23)18-19-22/h4,11,13-15H,1,5-10H2,2-3H3/t13?,14-,15+/m1/s1. The molecule has 3 aliphatic heterocycles. The first-order valence-corrected chi connectivity index (χ1v) is 8.50. The third-order valence-corrected chi connectivity index (χ3v) is 5.27. The summed E-state index contributed by atoms with van der Waals surface area (Å²) >= 11 is 0. The normalized spacial score (nSPS) is 28.6. The Morgan fingerprint density at radius 3 is 2.88 bits per heavy atom. The Kier molecular flexibility index (Phi) is 4.80. The molecule has 3 aliphatic rings. The highest BCUT2D eigenvalue weighted by atomic mass is 16.2. The Hall–Kier alpha value is -2.02. The first kappa shape index (κ1) is 16.8. The van der Waals surface area contributed by atoms with Gasteiger partial charge in [0.05, 0.1) is 18.7 Å². The molecular formula is C17H25N5O2. The number of carbonyl (C=O) groups is 2. The van der Waals surface area contributed by atoms with Gasteiger partial charge in [0.15, 0.2) is 5.78 Å². The molecule has 130 valence electrons. The number of hydrogen-bond donors (Lipinski definition) is 0. The molecule has 2 unspecified atom stereocenters. The highest BCUT2D eigenvalue weighted by molar-refractivity contribution is 5.91. The van der Waals surface area contributed by atoms with E-state index >= 15 is 0 Å². The van der Waals surface area contributed by atoms with Gasteiger partial charge in [0.2, 0.25) is 5.91 Å². The largest absolute Gasteiger partial charge is 0.342 e. The van der Waals surface area contributed by atoms with Gasteiger partial charge < -0.3 is 4.90 Å². The molecule has 4 rings (SSSR count). The summed E-state index contributed by atoms with van der Waals surface area (Å²) in [6.45, 7) is 8.36. The number of fused-ring (bicyclic) bond motifs is 3. The molecule has 1 amide bonds. The molecule has 7 heteroatoms. The van der Waals surface area contributed by atoms with Crippen molar-refractivity contribution in [2.45, 2.75) is 32.4 Å². The molecule has 0 aliphatic carbocycles. The van der Waals surface area contributed by atoms with Crippen LogP contribution in [0.5, 0.6) is 0 Å². The van der Waals surface area contributed by atoms with Gasteiger partial charge in [0.25, 0.3) is 0 Å². The van der Waals surface area contributed by atoms with Crippen LogP contribution in [0.2, 0.25) is 0 Å². The minimum Gasteiger partial charge on any atom is -0.342 e. The molecule has 2 bridgehead atoms. The second-order valence-electron chi connectivity index (χ2n) is 6.93. The molecule has 3 fully saturated rings. The van der Waals surface area contributed by atoms with E-state index in [0.717, 1.165) is 32.5 Å². The fourth-order valence-electron chi connectivity index (χ4n) is 3.94. The average Bonchev–Trinajstić information content (AvgIpc) is 3.04. The van der Waals surface area contributed by atoms with Crippen LogP contribution in [-0.4, -0.2) is 69.2 Å². The van der Waals surface area contributed by atoms with Gasteiger partial charge in [0, 0.05) is 33.1 Å². The van der Waals surface area contributed by atoms with Crippen molar-refractivity contribution in [3.05, 3.63) is 24.5 Å². The number of Topliss-reactive ketones (excluding diaryl/α,β-unsaturated/α-hetero) is 1. The number of aromatic nitrogens is 3. The summed E-state index contributed by atoms with van der Waals surface area (Å²) in [5, 5.41) is 7.96. The van der Waals surface area contributed by atoms with Crippen molar-refractivity contribution >= 4 is 11.7 Å². The van der Waals surface area contributed by atoms with Crippen molar-refractivity contribution in [3.8, 4) is 0 Å². The summed E-state index contributed by atoms with van der Waals surface area (Å²) in [6, 6.07) is 0.360. The molecule has 3 saturated heterocycles. The number of carbonyl (C=O) groups excluding carboxylic acids is 2. The van der Waals surface area contributed by atoms with Crippen molar-refractivity contribution in [2.75, 3.05) is 26.7 Å². The van der Waals surface area contributed by atoms with Crippen LogP contribution in [0.25, 0.3) is 0 Å². The van der Waals surface area contributed by atoms with Crippen LogP contribution in [0.15, 0.2) is 18.9 Å². The minimum atomic E-state index is -0.0670. The number of ketones is 1. The molecule has 7 nitrogen and oxygen atoms in total. The van der Waals surface area contributed by atoms with Gasteiger partial charge in [-0.3, -0.25) is 19.2 Å². The van der Waals surface area contributed by atoms with Crippen LogP contribution in [0.4, 0.5) is 0 Å². The molecular weight excluding hydrogens is 306 g/mol. The van der Waals surface area contributed by atoms with E-state index in [9.17, 15) is 9.59 Å². The van der Waals surface area contributed by atoms with Crippen molar-refractivity contribution < 1.29 is 9.59 Å². The maximum Gasteiger partial charge on any atom is 0.227 e. The monoisotopic (exact) mass is 331 g/mol. The maximum absolute atomic E-state index is 12.6. The highest BCUT2D eigenvalue weighted by Gasteiger charge is 2.43. The Bertz CT molecular complexity index is 641. The van der Waals surface area contributed by atoms with E-state index in [0.29, 0.717) is 24.2 Å². The zero-order valence-electron chi connectivity index (χ0n) is 14.4. The number of amides is 1. The fourth-order valence-corrected chi connectivity index (χ4v) is 3.94. The summed E-state index contributed by atoms with van der Waals surface area (Å²) in [7, 11) is 1.85. The topological polar surface area (TPSA) is 71.3 Å². The highest BCUT2D eigenvalue weighted by Crippen LogP contribution is 2.37. The predicted molar refractivity (Wildman–Crippen MR) is 89.4 cm³/mol. The van der Waals surface area contributed by atoms with E-state index < -0.39 is 0 Å². The summed E-state index contributed by atoms with van der Waals surface area (Å²) < 4.78 is 1.75. The second-order valence-corrected chi connectivity index (χ2v) is 6.93. The zero-order valence-corrected chi connectivity index (χ0v) is 14.4. The van der Waals surface area contributed by atoms with Crippen LogP contribution < -0.4 is 0 Å². The molecule has 0 saturated carbocycles. The van der Waals surface area contributed by atoms with Gasteiger partial charge in [-0.2, -0.15) is 0 Å². The van der Waals surface area contributed by atoms with E-state index in [1.807, 2.05) is 7.05 Å². The second kappa shape index (κ2) is 6.84. The molecule has 0 spiro atoms. The molecule has 4 heterocycles. The van der Waals surface area contributed by atoms with Crippen LogP contribution in [0.3, 0.4) is 0 Å². The summed E-state index contributed by atoms with van der Waals surface area (Å²) in [5.74, 6) is 0.671. The first-order chi connectivity index (χ1) is 11.5. The van der Waals surface area contributed by atoms with Gasteiger partial charge in [-0.15, -0.1) is 11.7 Å². The van der Waals surface area contributed by atoms with E-state index in [4.69, 9.17) is 0 Å². The molecule has 1 aromatic rings. The van der Waals surface area contributed by atoms with Crippen LogP contribution in [0, 0.1) is 11.8 Å². The molecule has 24 heavy (non-hydrogen) atoms. The molecule has 0 radical (unpaired) electrons. The molecule has 1 aromatic heterocycles. The van der Waals surface area contributed by atoms with Crippen LogP contribution in [-0.2, 0) is 11.3 Å². The summed E-state index contributed by atoms with van der Waals surface area (Å²) in [6.07, 6.45) is 5.55. The van der Waals surface area contributed by atoms with E-state index in [2.05, 4.69) is 21.8 Å². The summed E-state index contributed by atoms with van der Waals surface area (Å²) in [5.41, 5.74) is 0.407. The van der Waals surface area contributed by atoms with E-state index in [1.165, 1.54) is 6.92 Å². The average molecular weight is 331 g/mol. The lowest BCUT2D eigenvalue weighted by Gasteiger charge is -2.49. The van der Waals surface area contributed by atoms with Gasteiger partial charge in [-0.05, 0) is 25.3 Å². The number of nitrogens with zero attached hydrogens (tertiary/aromatic N) is 5. The lowest BCUT2D eigenvalue weighted by atomic mass is 9.75. The number of hydrogen-bond acceptors (Lipinski definition) is 5. The smallest absolute Gasteiger partial charge is 0.227 e. The maximum atomic E-state index is 12.6. The third-order valence-electron chi connectivity index (χ3n) is 5.27. The number of rotatable bonds is 6. The van der Waals surface area contributed by atoms with E-state index in [1.54, 1.807) is 21.9 Å². The molecule has 0 N–H and O–H groups in total. The number of likely N-dealkylation sites (N-methyl/N-ethyl adjacent to an activating group) is 1. The summed E-state index contributed by atoms with van der Waals surface area (Å²) in [4.78, 5) is 28.1. The molecule has 0 aromatic carbocycles. The quantitative estimate of drug-likeness (QED) is 0.570. The minimum absolute atomic E-state index is 0.0670. The molecule has 4 atom stereocenters. The number of piperidine rings is 3. The van der Waals surface area contributed by atoms with E-state index in [-0.39, 0.29) is 17.6 Å². The van der Waals surface area contributed by atoms with Gasteiger partial charge in [-0.25, -0.2) is 0 Å². The van der Waals surface area contributed by atoms with Crippen molar-refractivity contribution in [3.63, 3.8) is 0 Å². The van der Waals surface area contributed by atoms with Crippen molar-refractivity contribution in [1.29, 1.82) is 0 Å². The van der Waals surface area contributed by atoms with Gasteiger partial charge in [0.1, 0.15) is 5.69 Å². The van der Waals surface area contributed by atoms with Gasteiger partial charge >= 0.3 is 0 Å². The van der Waals surface area contributed by atoms with Crippen LogP contribution >= 0.6 is 0 Å². The lowest BCUT2D eigenvalue weighted by Crippen LogP contribution is -2.58. The Balaban J connectivity index is 1.63. The van der Waals surface area contributed by atoms with Gasteiger partial charge in [-0.1, -0.05) is 11.3 Å². The first-order valence-electron chi connectivity index (χ1n) is 8.50. The Labute approximate surface area is 142 Å². The third kappa shape index (κ3) is 3.26. The Morgan fingerprint density at radius 2 is 2.29 bits per heavy atom. The zero-order chi connectivity index (χ0) is 17.3. The lowest BCUT2D eigenvalue weighted by molar-refractivity contribution is -0.142. The van der Waals surface area contributed by atoms with Crippen molar-refractivity contribution in [1.82, 2.24) is 24.8 Å². The van der Waals surface area contributed by atoms with Crippen molar-refractivity contribution in [2.24, 2.45) is 11.8 Å². The predicted octanol–water partition coefficient (Wildman–Crippen LogP) is 0.835. The SMILES string of the molecule is C=CCN(C)C(=O)[C@H]1CN2CCC1C[C@@H]2Cn1cc(C(C)=O)nn1. The van der Waals surface area contributed by atoms with Crippen LogP contribution in [0.1, 0.15) is 30.3 Å². The Morgan fingerprint density at radius 1 is 1.50 bits per heavy atom.